The normalized spacial score (nSPS) is 19.1. The highest BCUT2D eigenvalue weighted by atomic mass is 32.2. The van der Waals surface area contributed by atoms with Crippen molar-refractivity contribution < 1.29 is 14.3 Å². The maximum Gasteiger partial charge on any atom is 0.315 e. The summed E-state index contributed by atoms with van der Waals surface area (Å²) in [6.45, 7) is 1.80. The fourth-order valence-electron chi connectivity index (χ4n) is 2.20. The van der Waals surface area contributed by atoms with Crippen LogP contribution < -0.4 is 10.6 Å². The van der Waals surface area contributed by atoms with Crippen LogP contribution in [0.25, 0.3) is 0 Å². The Balaban J connectivity index is 2.05. The molecule has 1 heterocycles. The van der Waals surface area contributed by atoms with Crippen LogP contribution in [0.15, 0.2) is 23.1 Å². The summed E-state index contributed by atoms with van der Waals surface area (Å²) >= 11 is 1.48. The molecule has 1 aromatic rings. The lowest BCUT2D eigenvalue weighted by Gasteiger charge is -2.27. The molecule has 0 radical (unpaired) electrons. The van der Waals surface area contributed by atoms with Crippen molar-refractivity contribution in [2.24, 2.45) is 0 Å². The maximum absolute atomic E-state index is 13.7. The Hall–Kier alpha value is -1.27. The highest BCUT2D eigenvalue weighted by molar-refractivity contribution is 7.99. The first kappa shape index (κ1) is 15.1. The third kappa shape index (κ3) is 3.43. The fourth-order valence-corrected chi connectivity index (χ4v) is 3.34. The van der Waals surface area contributed by atoms with Gasteiger partial charge in [-0.05, 0) is 24.5 Å². The van der Waals surface area contributed by atoms with Gasteiger partial charge in [-0.3, -0.25) is 0 Å². The lowest BCUT2D eigenvalue weighted by atomic mass is 10.0. The van der Waals surface area contributed by atoms with Gasteiger partial charge in [0, 0.05) is 10.6 Å². The Bertz CT molecular complexity index is 480. The molecule has 2 amide bonds. The van der Waals surface area contributed by atoms with Gasteiger partial charge < -0.3 is 15.7 Å². The molecule has 6 heteroatoms. The first-order valence-electron chi connectivity index (χ1n) is 6.74. The Morgan fingerprint density at radius 3 is 3.10 bits per heavy atom. The zero-order valence-corrected chi connectivity index (χ0v) is 12.2. The number of hydrogen-bond donors (Lipinski definition) is 3. The number of urea groups is 1. The van der Waals surface area contributed by atoms with E-state index in [4.69, 9.17) is 5.11 Å². The zero-order chi connectivity index (χ0) is 14.5. The maximum atomic E-state index is 13.7. The lowest BCUT2D eigenvalue weighted by Crippen LogP contribution is -2.45. The van der Waals surface area contributed by atoms with E-state index in [1.54, 1.807) is 6.07 Å². The molecule has 0 bridgehead atoms. The molecule has 0 saturated heterocycles. The Morgan fingerprint density at radius 1 is 1.60 bits per heavy atom. The quantitative estimate of drug-likeness (QED) is 0.800. The molecule has 4 nitrogen and oxygen atoms in total. The molecule has 1 aromatic carbocycles. The van der Waals surface area contributed by atoms with E-state index >= 15 is 0 Å². The summed E-state index contributed by atoms with van der Waals surface area (Å²) in [5.74, 6) is 0.539. The number of benzene rings is 1. The van der Waals surface area contributed by atoms with Gasteiger partial charge in [-0.25, -0.2) is 9.18 Å². The third-order valence-electron chi connectivity index (χ3n) is 3.38. The topological polar surface area (TPSA) is 61.4 Å². The van der Waals surface area contributed by atoms with Gasteiger partial charge in [-0.2, -0.15) is 0 Å². The molecular weight excluding hydrogens is 279 g/mol. The predicted molar refractivity (Wildman–Crippen MR) is 77.3 cm³/mol. The van der Waals surface area contributed by atoms with Crippen LogP contribution in [-0.2, 0) is 0 Å². The van der Waals surface area contributed by atoms with E-state index in [2.05, 4.69) is 10.6 Å². The summed E-state index contributed by atoms with van der Waals surface area (Å²) in [5.41, 5.74) is 0.827. The Morgan fingerprint density at radius 2 is 2.40 bits per heavy atom. The Kier molecular flexibility index (Phi) is 5.25. The van der Waals surface area contributed by atoms with Crippen molar-refractivity contribution in [3.8, 4) is 0 Å². The molecule has 110 valence electrons. The van der Waals surface area contributed by atoms with E-state index in [0.29, 0.717) is 11.3 Å². The van der Waals surface area contributed by atoms with E-state index in [-0.39, 0.29) is 30.5 Å². The van der Waals surface area contributed by atoms with Crippen LogP contribution in [0.2, 0.25) is 0 Å². The molecule has 1 aliphatic heterocycles. The summed E-state index contributed by atoms with van der Waals surface area (Å²) in [7, 11) is 0. The van der Waals surface area contributed by atoms with E-state index in [0.717, 1.165) is 17.7 Å². The molecule has 2 rings (SSSR count). The number of carbonyl (C=O) groups excluding carboxylic acids is 1. The van der Waals surface area contributed by atoms with Gasteiger partial charge in [0.05, 0.1) is 18.7 Å². The molecule has 1 aliphatic rings. The van der Waals surface area contributed by atoms with Crippen molar-refractivity contribution in [1.29, 1.82) is 0 Å². The number of hydrogen-bond acceptors (Lipinski definition) is 3. The molecule has 2 atom stereocenters. The largest absolute Gasteiger partial charge is 0.394 e. The standard InChI is InChI=1S/C14H19FN2O2S/c1-2-9(8-18)16-14(19)17-12-6-7-20-13-10(12)4-3-5-11(13)15/h3-5,9,12,18H,2,6-8H2,1H3,(H2,16,17,19). The number of amides is 2. The second-order valence-electron chi connectivity index (χ2n) is 4.75. The van der Waals surface area contributed by atoms with Crippen molar-refractivity contribution in [3.63, 3.8) is 0 Å². The molecular formula is C14H19FN2O2S. The minimum absolute atomic E-state index is 0.0876. The molecule has 2 unspecified atom stereocenters. The van der Waals surface area contributed by atoms with Gasteiger partial charge in [0.2, 0.25) is 0 Å². The van der Waals surface area contributed by atoms with E-state index in [1.165, 1.54) is 17.8 Å². The highest BCUT2D eigenvalue weighted by Gasteiger charge is 2.24. The average Bonchev–Trinajstić information content (AvgIpc) is 2.46. The minimum Gasteiger partial charge on any atom is -0.394 e. The van der Waals surface area contributed by atoms with Gasteiger partial charge in [0.15, 0.2) is 0 Å². The molecule has 0 aromatic heterocycles. The van der Waals surface area contributed by atoms with Gasteiger partial charge >= 0.3 is 6.03 Å². The smallest absolute Gasteiger partial charge is 0.315 e. The monoisotopic (exact) mass is 298 g/mol. The summed E-state index contributed by atoms with van der Waals surface area (Å²) in [6.07, 6.45) is 1.43. The van der Waals surface area contributed by atoms with Crippen LogP contribution >= 0.6 is 11.8 Å². The number of fused-ring (bicyclic) bond motifs is 1. The second kappa shape index (κ2) is 6.95. The predicted octanol–water partition coefficient (Wildman–Crippen LogP) is 2.43. The van der Waals surface area contributed by atoms with Gasteiger partial charge in [-0.1, -0.05) is 19.1 Å². The zero-order valence-electron chi connectivity index (χ0n) is 11.4. The number of nitrogens with one attached hydrogen (secondary N) is 2. The number of carbonyl (C=O) groups is 1. The average molecular weight is 298 g/mol. The van der Waals surface area contributed by atoms with Crippen LogP contribution in [0.4, 0.5) is 9.18 Å². The molecule has 0 aliphatic carbocycles. The highest BCUT2D eigenvalue weighted by Crippen LogP contribution is 2.37. The SMILES string of the molecule is CCC(CO)NC(=O)NC1CCSc2c(F)cccc21. The van der Waals surface area contributed by atoms with Gasteiger partial charge in [0.25, 0.3) is 0 Å². The second-order valence-corrected chi connectivity index (χ2v) is 5.86. The van der Waals surface area contributed by atoms with Crippen molar-refractivity contribution in [1.82, 2.24) is 10.6 Å². The molecule has 20 heavy (non-hydrogen) atoms. The summed E-state index contributed by atoms with van der Waals surface area (Å²) in [4.78, 5) is 12.5. The van der Waals surface area contributed by atoms with Crippen LogP contribution in [-0.4, -0.2) is 29.5 Å². The van der Waals surface area contributed by atoms with Crippen molar-refractivity contribution in [2.45, 2.75) is 36.7 Å². The van der Waals surface area contributed by atoms with Gasteiger partial charge in [-0.15, -0.1) is 11.8 Å². The molecule has 0 saturated carbocycles. The summed E-state index contributed by atoms with van der Waals surface area (Å²) in [5, 5.41) is 14.6. The minimum atomic E-state index is -0.321. The van der Waals surface area contributed by atoms with Crippen molar-refractivity contribution in [2.75, 3.05) is 12.4 Å². The van der Waals surface area contributed by atoms with E-state index in [1.807, 2.05) is 13.0 Å². The summed E-state index contributed by atoms with van der Waals surface area (Å²) < 4.78 is 13.7. The van der Waals surface area contributed by atoms with Crippen molar-refractivity contribution in [3.05, 3.63) is 29.6 Å². The Labute approximate surface area is 122 Å². The van der Waals surface area contributed by atoms with Crippen LogP contribution in [0.3, 0.4) is 0 Å². The molecule has 0 fully saturated rings. The lowest BCUT2D eigenvalue weighted by molar-refractivity contribution is 0.211. The first-order chi connectivity index (χ1) is 9.65. The van der Waals surface area contributed by atoms with Crippen LogP contribution in [0, 0.1) is 5.82 Å². The van der Waals surface area contributed by atoms with Gasteiger partial charge in [0.1, 0.15) is 5.82 Å². The molecule has 0 spiro atoms. The number of aliphatic hydroxyl groups is 1. The van der Waals surface area contributed by atoms with Crippen LogP contribution in [0.5, 0.6) is 0 Å². The fraction of sp³-hybridized carbons (Fsp3) is 0.500. The summed E-state index contributed by atoms with van der Waals surface area (Å²) in [6, 6.07) is 4.19. The van der Waals surface area contributed by atoms with Crippen molar-refractivity contribution >= 4 is 17.8 Å². The number of thioether (sulfide) groups is 1. The van der Waals surface area contributed by atoms with E-state index < -0.39 is 0 Å². The number of rotatable bonds is 4. The number of halogens is 1. The molecule has 3 N–H and O–H groups in total. The third-order valence-corrected chi connectivity index (χ3v) is 4.54. The van der Waals surface area contributed by atoms with Crippen LogP contribution in [0.1, 0.15) is 31.4 Å². The first-order valence-corrected chi connectivity index (χ1v) is 7.73. The number of aliphatic hydroxyl groups excluding tert-OH is 1. The van der Waals surface area contributed by atoms with E-state index in [9.17, 15) is 9.18 Å².